The summed E-state index contributed by atoms with van der Waals surface area (Å²) in [5, 5.41) is 11.7. The fraction of sp³-hybridized carbons (Fsp3) is 0.353. The largest absolute Gasteiger partial charge is 0.490 e. The van der Waals surface area contributed by atoms with E-state index >= 15 is 0 Å². The molecule has 4 heterocycles. The van der Waals surface area contributed by atoms with Gasteiger partial charge in [0, 0.05) is 12.7 Å². The van der Waals surface area contributed by atoms with Gasteiger partial charge in [-0.05, 0) is 24.1 Å². The van der Waals surface area contributed by atoms with Crippen molar-refractivity contribution in [2.24, 2.45) is 0 Å². The quantitative estimate of drug-likeness (QED) is 0.333. The minimum Gasteiger partial charge on any atom is -0.475 e. The Bertz CT molecular complexity index is 1300. The zero-order chi connectivity index (χ0) is 23.5. The van der Waals surface area contributed by atoms with Crippen LogP contribution in [0.4, 0.5) is 13.2 Å². The molecule has 0 aliphatic carbocycles. The predicted molar refractivity (Wildman–Crippen MR) is 106 cm³/mol. The predicted octanol–water partition coefficient (Wildman–Crippen LogP) is 2.70. The van der Waals surface area contributed by atoms with Gasteiger partial charge in [-0.3, -0.25) is 4.57 Å². The molecule has 170 valence electrons. The van der Waals surface area contributed by atoms with Crippen LogP contribution < -0.4 is 5.69 Å². The number of carbonyl (C=O) groups is 1. The molecule has 0 aromatic carbocycles. The number of aromatic amines is 1. The topological polar surface area (TPSA) is 144 Å². The molecule has 4 aromatic heterocycles. The van der Waals surface area contributed by atoms with Gasteiger partial charge in [0.1, 0.15) is 17.5 Å². The summed E-state index contributed by atoms with van der Waals surface area (Å²) >= 11 is 6.03. The van der Waals surface area contributed by atoms with Gasteiger partial charge >= 0.3 is 17.8 Å². The number of hydrogen-bond donors (Lipinski definition) is 2. The number of rotatable bonds is 5. The standard InChI is InChI=1S/C15H15ClN8O.C2HF3O2/c1-2-3-4-7-23-12-10(19-14(16)21-12)13-20-11(22-24(13)15(23)25)9-5-6-17-8-18-9;3-2(4,5)1(6)7/h5-6,8H,2-4,7H2,1H3,(H,19,21);(H,6,7). The molecule has 0 spiro atoms. The third-order valence-electron chi connectivity index (χ3n) is 4.19. The van der Waals surface area contributed by atoms with Gasteiger partial charge in [0.2, 0.25) is 11.1 Å². The second-order valence-corrected chi connectivity index (χ2v) is 6.79. The van der Waals surface area contributed by atoms with Gasteiger partial charge in [0.25, 0.3) is 0 Å². The molecule has 4 rings (SSSR count). The third-order valence-corrected chi connectivity index (χ3v) is 4.37. The highest BCUT2D eigenvalue weighted by Gasteiger charge is 2.38. The summed E-state index contributed by atoms with van der Waals surface area (Å²) in [6, 6.07) is 1.69. The Morgan fingerprint density at radius 1 is 1.25 bits per heavy atom. The fourth-order valence-corrected chi connectivity index (χ4v) is 2.93. The monoisotopic (exact) mass is 472 g/mol. The number of alkyl halides is 3. The van der Waals surface area contributed by atoms with Gasteiger partial charge in [-0.15, -0.1) is 5.10 Å². The van der Waals surface area contributed by atoms with Crippen LogP contribution in [0.15, 0.2) is 23.4 Å². The normalized spacial score (nSPS) is 11.5. The third kappa shape index (κ3) is 4.85. The first kappa shape index (κ1) is 23.1. The molecule has 0 fully saturated rings. The van der Waals surface area contributed by atoms with E-state index in [0.29, 0.717) is 34.9 Å². The lowest BCUT2D eigenvalue weighted by Gasteiger charge is -2.06. The average Bonchev–Trinajstić information content (AvgIpc) is 3.35. The smallest absolute Gasteiger partial charge is 0.475 e. The van der Waals surface area contributed by atoms with E-state index < -0.39 is 12.1 Å². The van der Waals surface area contributed by atoms with Gasteiger partial charge in [-0.2, -0.15) is 22.7 Å². The van der Waals surface area contributed by atoms with Crippen molar-refractivity contribution in [3.05, 3.63) is 34.4 Å². The highest BCUT2D eigenvalue weighted by atomic mass is 35.5. The van der Waals surface area contributed by atoms with E-state index in [-0.39, 0.29) is 11.0 Å². The lowest BCUT2D eigenvalue weighted by molar-refractivity contribution is -0.192. The van der Waals surface area contributed by atoms with Gasteiger partial charge in [0.05, 0.1) is 0 Å². The summed E-state index contributed by atoms with van der Waals surface area (Å²) in [7, 11) is 0. The van der Waals surface area contributed by atoms with Gasteiger partial charge in [0.15, 0.2) is 11.3 Å². The van der Waals surface area contributed by atoms with Crippen molar-refractivity contribution in [1.82, 2.24) is 39.1 Å². The van der Waals surface area contributed by atoms with Crippen molar-refractivity contribution in [2.75, 3.05) is 0 Å². The van der Waals surface area contributed by atoms with E-state index in [2.05, 4.69) is 36.9 Å². The summed E-state index contributed by atoms with van der Waals surface area (Å²) < 4.78 is 34.6. The zero-order valence-corrected chi connectivity index (χ0v) is 17.2. The van der Waals surface area contributed by atoms with Crippen LogP contribution in [0.3, 0.4) is 0 Å². The van der Waals surface area contributed by atoms with Crippen molar-refractivity contribution >= 4 is 34.4 Å². The van der Waals surface area contributed by atoms with Crippen molar-refractivity contribution in [3.8, 4) is 11.5 Å². The highest BCUT2D eigenvalue weighted by molar-refractivity contribution is 6.29. The molecule has 0 aliphatic heterocycles. The lowest BCUT2D eigenvalue weighted by Crippen LogP contribution is -2.28. The lowest BCUT2D eigenvalue weighted by atomic mass is 10.2. The first-order chi connectivity index (χ1) is 15.1. The Labute approximate surface area is 181 Å². The zero-order valence-electron chi connectivity index (χ0n) is 16.5. The molecule has 0 radical (unpaired) electrons. The maximum atomic E-state index is 12.9. The van der Waals surface area contributed by atoms with Crippen LogP contribution in [0.2, 0.25) is 5.28 Å². The van der Waals surface area contributed by atoms with Gasteiger partial charge < -0.3 is 10.1 Å². The Hall–Kier alpha value is -3.55. The summed E-state index contributed by atoms with van der Waals surface area (Å²) in [6.07, 6.45) is 0.873. The Morgan fingerprint density at radius 2 is 1.97 bits per heavy atom. The summed E-state index contributed by atoms with van der Waals surface area (Å²) in [4.78, 5) is 41.4. The number of hydrogen-bond acceptors (Lipinski definition) is 7. The van der Waals surface area contributed by atoms with Crippen LogP contribution >= 0.6 is 11.6 Å². The van der Waals surface area contributed by atoms with E-state index in [0.717, 1.165) is 19.3 Å². The summed E-state index contributed by atoms with van der Waals surface area (Å²) in [5.74, 6) is -2.41. The molecule has 0 bridgehead atoms. The molecule has 32 heavy (non-hydrogen) atoms. The number of imidazole rings is 1. The van der Waals surface area contributed by atoms with E-state index in [1.165, 1.54) is 10.8 Å². The Morgan fingerprint density at radius 3 is 2.56 bits per heavy atom. The number of halogens is 4. The number of aliphatic carboxylic acids is 1. The number of aryl methyl sites for hydroxylation is 1. The molecule has 0 atom stereocenters. The molecular weight excluding hydrogens is 457 g/mol. The summed E-state index contributed by atoms with van der Waals surface area (Å²) in [6.45, 7) is 2.65. The van der Waals surface area contributed by atoms with Crippen LogP contribution in [-0.4, -0.2) is 56.4 Å². The molecule has 4 aromatic rings. The first-order valence-corrected chi connectivity index (χ1v) is 9.62. The average molecular weight is 473 g/mol. The van der Waals surface area contributed by atoms with E-state index in [4.69, 9.17) is 21.5 Å². The number of nitrogens with one attached hydrogen (secondary N) is 1. The number of nitrogens with zero attached hydrogens (tertiary/aromatic N) is 7. The van der Waals surface area contributed by atoms with Crippen LogP contribution in [0.25, 0.3) is 28.3 Å². The number of unbranched alkanes of at least 4 members (excludes halogenated alkanes) is 2. The number of H-pyrrole nitrogens is 1. The molecule has 0 saturated carbocycles. The van der Waals surface area contributed by atoms with Crippen LogP contribution in [0.1, 0.15) is 26.2 Å². The molecule has 0 amide bonds. The van der Waals surface area contributed by atoms with Crippen LogP contribution in [0, 0.1) is 0 Å². The van der Waals surface area contributed by atoms with Crippen molar-refractivity contribution in [1.29, 1.82) is 0 Å². The minimum absolute atomic E-state index is 0.207. The molecule has 2 N–H and O–H groups in total. The van der Waals surface area contributed by atoms with Crippen molar-refractivity contribution in [2.45, 2.75) is 38.9 Å². The molecule has 11 nitrogen and oxygen atoms in total. The van der Waals surface area contributed by atoms with Crippen molar-refractivity contribution in [3.63, 3.8) is 0 Å². The van der Waals surface area contributed by atoms with Gasteiger partial charge in [-0.25, -0.2) is 24.5 Å². The number of fused-ring (bicyclic) bond motifs is 3. The number of carboxylic acid groups (broad SMARTS) is 1. The van der Waals surface area contributed by atoms with Gasteiger partial charge in [-0.1, -0.05) is 19.8 Å². The van der Waals surface area contributed by atoms with E-state index in [9.17, 15) is 18.0 Å². The van der Waals surface area contributed by atoms with Crippen LogP contribution in [-0.2, 0) is 11.3 Å². The second-order valence-electron chi connectivity index (χ2n) is 6.44. The summed E-state index contributed by atoms with van der Waals surface area (Å²) in [5.41, 5.74) is 1.68. The number of carboxylic acids is 1. The molecular formula is C17H16ClF3N8O3. The Kier molecular flexibility index (Phi) is 6.72. The highest BCUT2D eigenvalue weighted by Crippen LogP contribution is 2.20. The molecule has 15 heteroatoms. The Balaban J connectivity index is 0.000000360. The molecule has 0 saturated heterocycles. The number of aromatic nitrogens is 8. The van der Waals surface area contributed by atoms with E-state index in [1.807, 2.05) is 0 Å². The molecule has 0 unspecified atom stereocenters. The second kappa shape index (κ2) is 9.30. The maximum absolute atomic E-state index is 12.9. The van der Waals surface area contributed by atoms with E-state index in [1.54, 1.807) is 16.8 Å². The molecule has 0 aliphatic rings. The van der Waals surface area contributed by atoms with Crippen LogP contribution in [0.5, 0.6) is 0 Å². The SMILES string of the molecule is CCCCCn1c(=O)n2nc(-c3ccncn3)nc2c2[nH]c(Cl)nc21.O=C(O)C(F)(F)F. The minimum atomic E-state index is -5.08. The first-order valence-electron chi connectivity index (χ1n) is 9.24. The fourth-order valence-electron chi connectivity index (χ4n) is 2.75. The maximum Gasteiger partial charge on any atom is 0.490 e. The van der Waals surface area contributed by atoms with Crippen molar-refractivity contribution < 1.29 is 23.1 Å².